The van der Waals surface area contributed by atoms with E-state index in [-0.39, 0.29) is 23.1 Å². The molecule has 2 aromatic heterocycles. The fourth-order valence-electron chi connectivity index (χ4n) is 4.37. The van der Waals surface area contributed by atoms with Gasteiger partial charge in [0.05, 0.1) is 25.5 Å². The number of anilines is 1. The second-order valence-electron chi connectivity index (χ2n) is 9.21. The van der Waals surface area contributed by atoms with Gasteiger partial charge in [0, 0.05) is 6.54 Å². The number of benzene rings is 2. The molecule has 3 N–H and O–H groups in total. The third-order valence-corrected chi connectivity index (χ3v) is 6.38. The summed E-state index contributed by atoms with van der Waals surface area (Å²) < 4.78 is 22.3. The number of hydrazone groups is 1. The van der Waals surface area contributed by atoms with Crippen molar-refractivity contribution in [2.24, 2.45) is 5.10 Å². The lowest BCUT2D eigenvalue weighted by Crippen LogP contribution is -2.26. The molecule has 1 aliphatic rings. The first-order valence-electron chi connectivity index (χ1n) is 13.2. The molecular weight excluding hydrogens is 546 g/mol. The van der Waals surface area contributed by atoms with Crippen LogP contribution in [-0.4, -0.2) is 75.1 Å². The van der Waals surface area contributed by atoms with Crippen molar-refractivity contribution in [3.63, 3.8) is 0 Å². The van der Waals surface area contributed by atoms with Crippen molar-refractivity contribution in [3.05, 3.63) is 65.0 Å². The Morgan fingerprint density at radius 1 is 1.14 bits per heavy atom. The largest absolute Gasteiger partial charge is 0.497 e. The molecule has 42 heavy (non-hydrogen) atoms. The Hall–Kier alpha value is -5.31. The first-order chi connectivity index (χ1) is 20.5. The number of nitrogens with one attached hydrogen (secondary N) is 1. The lowest BCUT2D eigenvalue weighted by molar-refractivity contribution is 0.0727. The normalized spacial score (nSPS) is 13.4. The molecule has 0 unspecified atom stereocenters. The van der Waals surface area contributed by atoms with Crippen molar-refractivity contribution in [2.45, 2.75) is 26.3 Å². The number of ether oxygens (including phenoxy) is 3. The van der Waals surface area contributed by atoms with Crippen LogP contribution in [0.2, 0.25) is 0 Å². The average Bonchev–Trinajstić information content (AvgIpc) is 3.76. The maximum absolute atomic E-state index is 13.3. The average molecular weight is 576 g/mol. The number of carbonyl (C=O) groups is 2. The third kappa shape index (κ3) is 6.36. The number of hydrogen-bond acceptors (Lipinski definition) is 13. The highest BCUT2D eigenvalue weighted by Crippen LogP contribution is 2.29. The zero-order valence-electron chi connectivity index (χ0n) is 23.0. The fraction of sp³-hybridized carbons (Fsp3) is 0.296. The van der Waals surface area contributed by atoms with Gasteiger partial charge < -0.3 is 19.9 Å². The Morgan fingerprint density at radius 2 is 1.98 bits per heavy atom. The van der Waals surface area contributed by atoms with Crippen molar-refractivity contribution in [3.8, 4) is 23.1 Å². The lowest BCUT2D eigenvalue weighted by atomic mass is 10.2. The Labute approximate surface area is 240 Å². The first-order valence-corrected chi connectivity index (χ1v) is 13.2. The molecule has 4 aromatic rings. The van der Waals surface area contributed by atoms with Crippen molar-refractivity contribution >= 4 is 23.9 Å². The lowest BCUT2D eigenvalue weighted by Gasteiger charge is -2.13. The predicted octanol–water partition coefficient (Wildman–Crippen LogP) is 2.22. The number of nitrogens with two attached hydrogens (primary N) is 1. The number of nitrogens with zero attached hydrogens (tertiary/aromatic N) is 7. The minimum atomic E-state index is -0.582. The van der Waals surface area contributed by atoms with Gasteiger partial charge in [0.1, 0.15) is 11.4 Å². The molecule has 5 rings (SSSR count). The van der Waals surface area contributed by atoms with Gasteiger partial charge in [0.25, 0.3) is 5.91 Å². The van der Waals surface area contributed by atoms with E-state index in [1.165, 1.54) is 18.0 Å². The maximum Gasteiger partial charge on any atom is 0.343 e. The van der Waals surface area contributed by atoms with Gasteiger partial charge in [-0.1, -0.05) is 11.3 Å². The SMILES string of the molecule is CCOc1cc(/C=N/NC(=O)c2c(CN3CCCC3)nnn2-c2nonc2N)ccc1OC(=O)c1cccc(OC)c1. The topological polar surface area (TPSA) is 185 Å². The first kappa shape index (κ1) is 28.2. The van der Waals surface area contributed by atoms with Gasteiger partial charge >= 0.3 is 5.97 Å². The van der Waals surface area contributed by atoms with Crippen LogP contribution in [0.1, 0.15) is 51.9 Å². The molecule has 15 heteroatoms. The molecule has 1 amide bonds. The molecule has 0 spiro atoms. The highest BCUT2D eigenvalue weighted by atomic mass is 16.6. The minimum Gasteiger partial charge on any atom is -0.497 e. The summed E-state index contributed by atoms with van der Waals surface area (Å²) in [4.78, 5) is 28.2. The number of rotatable bonds is 11. The van der Waals surface area contributed by atoms with E-state index in [1.54, 1.807) is 42.5 Å². The number of hydrogen-bond donors (Lipinski definition) is 2. The molecule has 3 heterocycles. The van der Waals surface area contributed by atoms with Crippen LogP contribution < -0.4 is 25.4 Å². The second-order valence-corrected chi connectivity index (χ2v) is 9.21. The smallest absolute Gasteiger partial charge is 0.343 e. The molecule has 1 aliphatic heterocycles. The molecule has 1 saturated heterocycles. The van der Waals surface area contributed by atoms with E-state index in [0.717, 1.165) is 25.9 Å². The van der Waals surface area contributed by atoms with E-state index < -0.39 is 11.9 Å². The summed E-state index contributed by atoms with van der Waals surface area (Å²) in [5.41, 5.74) is 9.79. The predicted molar refractivity (Wildman–Crippen MR) is 149 cm³/mol. The van der Waals surface area contributed by atoms with Crippen LogP contribution in [0.15, 0.2) is 52.2 Å². The van der Waals surface area contributed by atoms with E-state index in [0.29, 0.717) is 41.5 Å². The molecule has 1 fully saturated rings. The van der Waals surface area contributed by atoms with Crippen LogP contribution in [0, 0.1) is 0 Å². The quantitative estimate of drug-likeness (QED) is 0.115. The molecule has 2 aromatic carbocycles. The molecule has 15 nitrogen and oxygen atoms in total. The number of carbonyl (C=O) groups excluding carboxylic acids is 2. The van der Waals surface area contributed by atoms with Gasteiger partial charge in [-0.05, 0) is 85.1 Å². The summed E-state index contributed by atoms with van der Waals surface area (Å²) in [5.74, 6) is -0.0561. The van der Waals surface area contributed by atoms with E-state index in [2.05, 4.69) is 40.7 Å². The highest BCUT2D eigenvalue weighted by Gasteiger charge is 2.27. The summed E-state index contributed by atoms with van der Waals surface area (Å²) in [5, 5.41) is 19.7. The van der Waals surface area contributed by atoms with E-state index >= 15 is 0 Å². The van der Waals surface area contributed by atoms with Crippen LogP contribution in [0.25, 0.3) is 5.82 Å². The Morgan fingerprint density at radius 3 is 2.71 bits per heavy atom. The summed E-state index contributed by atoms with van der Waals surface area (Å²) >= 11 is 0. The van der Waals surface area contributed by atoms with Crippen LogP contribution in [0.5, 0.6) is 17.2 Å². The summed E-state index contributed by atoms with van der Waals surface area (Å²) in [6, 6.07) is 11.5. The standard InChI is InChI=1S/C27H29N9O6/c1-3-40-22-13-17(9-10-21(22)41-27(38)18-7-6-8-19(14-18)39-2)15-29-31-26(37)23-20(16-35-11-4-5-12-35)30-34-36(23)25-24(28)32-42-33-25/h6-10,13-15H,3-5,11-12,16H2,1-2H3,(H2,28,32)(H,31,37)/b29-15+. The van der Waals surface area contributed by atoms with E-state index in [9.17, 15) is 9.59 Å². The van der Waals surface area contributed by atoms with Crippen LogP contribution in [0.4, 0.5) is 5.82 Å². The van der Waals surface area contributed by atoms with Gasteiger partial charge in [-0.2, -0.15) is 9.78 Å². The van der Waals surface area contributed by atoms with Crippen molar-refractivity contribution < 1.29 is 28.4 Å². The minimum absolute atomic E-state index is 0.0409. The fourth-order valence-corrected chi connectivity index (χ4v) is 4.37. The van der Waals surface area contributed by atoms with Gasteiger partial charge in [-0.25, -0.2) is 14.8 Å². The zero-order chi connectivity index (χ0) is 29.5. The Balaban J connectivity index is 1.32. The Bertz CT molecular complexity index is 1590. The van der Waals surface area contributed by atoms with Crippen LogP contribution in [0.3, 0.4) is 0 Å². The summed E-state index contributed by atoms with van der Waals surface area (Å²) in [7, 11) is 1.52. The second kappa shape index (κ2) is 12.9. The van der Waals surface area contributed by atoms with Crippen molar-refractivity contribution in [2.75, 3.05) is 32.5 Å². The molecule has 218 valence electrons. The Kier molecular flexibility index (Phi) is 8.67. The molecule has 0 bridgehead atoms. The number of esters is 1. The number of nitrogen functional groups attached to an aromatic ring is 1. The van der Waals surface area contributed by atoms with Crippen LogP contribution in [-0.2, 0) is 6.54 Å². The highest BCUT2D eigenvalue weighted by molar-refractivity contribution is 5.95. The van der Waals surface area contributed by atoms with Crippen molar-refractivity contribution in [1.82, 2.24) is 35.6 Å². The number of amides is 1. The van der Waals surface area contributed by atoms with Gasteiger partial charge in [-0.15, -0.1) is 5.10 Å². The monoisotopic (exact) mass is 575 g/mol. The molecule has 0 saturated carbocycles. The summed E-state index contributed by atoms with van der Waals surface area (Å²) in [6.45, 7) is 4.35. The van der Waals surface area contributed by atoms with Crippen LogP contribution >= 0.6 is 0 Å². The maximum atomic E-state index is 13.3. The van der Waals surface area contributed by atoms with E-state index in [1.807, 2.05) is 6.92 Å². The molecule has 0 atom stereocenters. The zero-order valence-corrected chi connectivity index (χ0v) is 23.0. The van der Waals surface area contributed by atoms with Crippen molar-refractivity contribution in [1.29, 1.82) is 0 Å². The number of likely N-dealkylation sites (tertiary alicyclic amines) is 1. The molecule has 0 radical (unpaired) electrons. The number of methoxy groups -OCH3 is 1. The summed E-state index contributed by atoms with van der Waals surface area (Å²) in [6.07, 6.45) is 3.57. The molecular formula is C27H29N9O6. The number of aromatic nitrogens is 5. The van der Waals surface area contributed by atoms with Gasteiger partial charge in [0.2, 0.25) is 11.6 Å². The third-order valence-electron chi connectivity index (χ3n) is 6.38. The van der Waals surface area contributed by atoms with E-state index in [4.69, 9.17) is 19.9 Å². The van der Waals surface area contributed by atoms with Gasteiger partial charge in [-0.3, -0.25) is 9.69 Å². The van der Waals surface area contributed by atoms with Gasteiger partial charge in [0.15, 0.2) is 17.2 Å². The molecule has 0 aliphatic carbocycles.